The van der Waals surface area contributed by atoms with E-state index in [1.165, 1.54) is 0 Å². The zero-order valence-electron chi connectivity index (χ0n) is 15.5. The summed E-state index contributed by atoms with van der Waals surface area (Å²) in [5.74, 6) is -0.371. The second-order valence-electron chi connectivity index (χ2n) is 6.55. The highest BCUT2D eigenvalue weighted by Crippen LogP contribution is 2.21. The second-order valence-corrected chi connectivity index (χ2v) is 8.48. The predicted molar refractivity (Wildman–Crippen MR) is 106 cm³/mol. The minimum atomic E-state index is -3.48. The van der Waals surface area contributed by atoms with Crippen LogP contribution in [0.4, 0.5) is 5.69 Å². The molecule has 0 aliphatic heterocycles. The van der Waals surface area contributed by atoms with E-state index in [0.29, 0.717) is 12.8 Å². The molecule has 2 aromatic rings. The molecule has 2 rings (SSSR count). The molecule has 0 atom stereocenters. The van der Waals surface area contributed by atoms with E-state index in [-0.39, 0.29) is 18.2 Å². The van der Waals surface area contributed by atoms with Gasteiger partial charge in [0.2, 0.25) is 15.9 Å². The lowest BCUT2D eigenvalue weighted by molar-refractivity contribution is -0.115. The van der Waals surface area contributed by atoms with E-state index in [1.807, 2.05) is 63.2 Å². The average molecular weight is 375 g/mol. The van der Waals surface area contributed by atoms with Gasteiger partial charge in [-0.05, 0) is 50.3 Å². The monoisotopic (exact) mass is 374 g/mol. The fourth-order valence-corrected chi connectivity index (χ4v) is 3.94. The molecule has 1 amide bonds. The number of nitrogens with one attached hydrogen (secondary N) is 2. The minimum Gasteiger partial charge on any atom is -0.324 e. The van der Waals surface area contributed by atoms with Gasteiger partial charge in [-0.1, -0.05) is 48.0 Å². The van der Waals surface area contributed by atoms with Gasteiger partial charge in [0.25, 0.3) is 0 Å². The molecule has 140 valence electrons. The Morgan fingerprint density at radius 2 is 1.62 bits per heavy atom. The molecule has 0 radical (unpaired) electrons. The zero-order valence-corrected chi connectivity index (χ0v) is 16.3. The third-order valence-corrected chi connectivity index (χ3v) is 5.53. The number of benzene rings is 2. The fraction of sp³-hybridized carbons (Fsp3) is 0.350. The number of rotatable bonds is 8. The van der Waals surface area contributed by atoms with Crippen molar-refractivity contribution in [3.05, 3.63) is 64.7 Å². The molecule has 0 bridgehead atoms. The van der Waals surface area contributed by atoms with Gasteiger partial charge in [0.15, 0.2) is 0 Å². The first-order chi connectivity index (χ1) is 12.3. The Kier molecular flexibility index (Phi) is 6.94. The molecule has 0 unspecified atom stereocenters. The first-order valence-corrected chi connectivity index (χ1v) is 10.3. The van der Waals surface area contributed by atoms with E-state index in [1.54, 1.807) is 0 Å². The highest BCUT2D eigenvalue weighted by atomic mass is 32.2. The number of hydrogen-bond donors (Lipinski definition) is 2. The third-order valence-electron chi connectivity index (χ3n) is 4.12. The number of aryl methyl sites for hydroxylation is 4. The number of carbonyl (C=O) groups is 1. The first kappa shape index (κ1) is 20.1. The summed E-state index contributed by atoms with van der Waals surface area (Å²) in [5, 5.41) is 2.79. The van der Waals surface area contributed by atoms with E-state index in [0.717, 1.165) is 27.9 Å². The standard InChI is InChI=1S/C20H26N2O3S/c1-15-12-16(2)20(17(3)13-15)22-19(23)14-21-26(24,25)11-7-10-18-8-5-4-6-9-18/h4-6,8-9,12-13,21H,7,10-11,14H2,1-3H3,(H,22,23). The van der Waals surface area contributed by atoms with Crippen LogP contribution in [0.15, 0.2) is 42.5 Å². The van der Waals surface area contributed by atoms with Crippen LogP contribution < -0.4 is 10.0 Å². The summed E-state index contributed by atoms with van der Waals surface area (Å²) in [4.78, 5) is 12.1. The molecule has 0 saturated carbocycles. The Morgan fingerprint density at radius 3 is 2.23 bits per heavy atom. The summed E-state index contributed by atoms with van der Waals surface area (Å²) in [6.45, 7) is 5.57. The van der Waals surface area contributed by atoms with E-state index < -0.39 is 10.0 Å². The maximum atomic E-state index is 12.1. The van der Waals surface area contributed by atoms with Gasteiger partial charge in [-0.15, -0.1) is 0 Å². The number of anilines is 1. The van der Waals surface area contributed by atoms with Crippen molar-refractivity contribution >= 4 is 21.6 Å². The summed E-state index contributed by atoms with van der Waals surface area (Å²) in [6.07, 6.45) is 1.20. The summed E-state index contributed by atoms with van der Waals surface area (Å²) in [6, 6.07) is 13.7. The fourth-order valence-electron chi connectivity index (χ4n) is 2.92. The lowest BCUT2D eigenvalue weighted by Gasteiger charge is -2.13. The van der Waals surface area contributed by atoms with Gasteiger partial charge in [0, 0.05) is 5.69 Å². The van der Waals surface area contributed by atoms with E-state index in [2.05, 4.69) is 10.0 Å². The van der Waals surface area contributed by atoms with Crippen molar-refractivity contribution in [1.29, 1.82) is 0 Å². The first-order valence-electron chi connectivity index (χ1n) is 8.66. The van der Waals surface area contributed by atoms with Crippen LogP contribution in [0.1, 0.15) is 28.7 Å². The van der Waals surface area contributed by atoms with E-state index in [9.17, 15) is 13.2 Å². The van der Waals surface area contributed by atoms with E-state index >= 15 is 0 Å². The molecule has 2 N–H and O–H groups in total. The van der Waals surface area contributed by atoms with Gasteiger partial charge in [0.1, 0.15) is 0 Å². The van der Waals surface area contributed by atoms with Crippen LogP contribution in [0.3, 0.4) is 0 Å². The quantitative estimate of drug-likeness (QED) is 0.745. The summed E-state index contributed by atoms with van der Waals surface area (Å²) in [5.41, 5.74) is 4.88. The topological polar surface area (TPSA) is 75.3 Å². The molecule has 0 saturated heterocycles. The van der Waals surface area contributed by atoms with Gasteiger partial charge in [-0.2, -0.15) is 0 Å². The van der Waals surface area contributed by atoms with Crippen LogP contribution in [-0.4, -0.2) is 26.6 Å². The van der Waals surface area contributed by atoms with Crippen molar-refractivity contribution in [3.8, 4) is 0 Å². The Labute approximate surface area is 155 Å². The lowest BCUT2D eigenvalue weighted by atomic mass is 10.1. The Morgan fingerprint density at radius 1 is 1.00 bits per heavy atom. The maximum Gasteiger partial charge on any atom is 0.239 e. The molecule has 0 aromatic heterocycles. The average Bonchev–Trinajstić information content (AvgIpc) is 2.57. The van der Waals surface area contributed by atoms with Gasteiger partial charge < -0.3 is 5.32 Å². The molecule has 5 nitrogen and oxygen atoms in total. The zero-order chi connectivity index (χ0) is 19.2. The van der Waals surface area contributed by atoms with Crippen molar-refractivity contribution in [1.82, 2.24) is 4.72 Å². The molecule has 0 spiro atoms. The molecular weight excluding hydrogens is 348 g/mol. The molecular formula is C20H26N2O3S. The molecule has 6 heteroatoms. The van der Waals surface area contributed by atoms with Crippen molar-refractivity contribution in [2.24, 2.45) is 0 Å². The van der Waals surface area contributed by atoms with Crippen molar-refractivity contribution in [3.63, 3.8) is 0 Å². The van der Waals surface area contributed by atoms with Crippen LogP contribution in [0.25, 0.3) is 0 Å². The summed E-state index contributed by atoms with van der Waals surface area (Å²) >= 11 is 0. The van der Waals surface area contributed by atoms with Gasteiger partial charge >= 0.3 is 0 Å². The summed E-state index contributed by atoms with van der Waals surface area (Å²) in [7, 11) is -3.48. The molecule has 2 aromatic carbocycles. The smallest absolute Gasteiger partial charge is 0.239 e. The maximum absolute atomic E-state index is 12.1. The highest BCUT2D eigenvalue weighted by Gasteiger charge is 2.14. The Hall–Kier alpha value is -2.18. The van der Waals surface area contributed by atoms with Crippen LogP contribution >= 0.6 is 0 Å². The van der Waals surface area contributed by atoms with Gasteiger partial charge in [-0.25, -0.2) is 13.1 Å². The van der Waals surface area contributed by atoms with Crippen LogP contribution in [0.5, 0.6) is 0 Å². The SMILES string of the molecule is Cc1cc(C)c(NC(=O)CNS(=O)(=O)CCCc2ccccc2)c(C)c1. The Balaban J connectivity index is 1.82. The van der Waals surface area contributed by atoms with E-state index in [4.69, 9.17) is 0 Å². The predicted octanol–water partition coefficient (Wildman–Crippen LogP) is 3.10. The van der Waals surface area contributed by atoms with Crippen molar-refractivity contribution < 1.29 is 13.2 Å². The molecule has 0 fully saturated rings. The minimum absolute atomic E-state index is 0.00222. The summed E-state index contributed by atoms with van der Waals surface area (Å²) < 4.78 is 26.5. The van der Waals surface area contributed by atoms with Crippen LogP contribution in [0, 0.1) is 20.8 Å². The molecule has 0 heterocycles. The second kappa shape index (κ2) is 8.96. The van der Waals surface area contributed by atoms with Crippen molar-refractivity contribution in [2.75, 3.05) is 17.6 Å². The molecule has 26 heavy (non-hydrogen) atoms. The largest absolute Gasteiger partial charge is 0.324 e. The third kappa shape index (κ3) is 6.28. The number of hydrogen-bond acceptors (Lipinski definition) is 3. The lowest BCUT2D eigenvalue weighted by Crippen LogP contribution is -2.34. The number of carbonyl (C=O) groups excluding carboxylic acids is 1. The number of sulfonamides is 1. The van der Waals surface area contributed by atoms with Crippen molar-refractivity contribution in [2.45, 2.75) is 33.6 Å². The van der Waals surface area contributed by atoms with Crippen LogP contribution in [0.2, 0.25) is 0 Å². The highest BCUT2D eigenvalue weighted by molar-refractivity contribution is 7.89. The van der Waals surface area contributed by atoms with Gasteiger partial charge in [-0.3, -0.25) is 4.79 Å². The number of amides is 1. The molecule has 0 aliphatic rings. The van der Waals surface area contributed by atoms with Gasteiger partial charge in [0.05, 0.1) is 12.3 Å². The molecule has 0 aliphatic carbocycles. The van der Waals surface area contributed by atoms with Crippen LogP contribution in [-0.2, 0) is 21.2 Å². The normalized spacial score (nSPS) is 11.3. The Bertz CT molecular complexity index is 839.